The quantitative estimate of drug-likeness (QED) is 0.452. The molecule has 0 fully saturated rings. The van der Waals surface area contributed by atoms with Crippen LogP contribution in [0.1, 0.15) is 16.1 Å². The van der Waals surface area contributed by atoms with Crippen LogP contribution in [0.15, 0.2) is 82.3 Å². The van der Waals surface area contributed by atoms with E-state index in [0.29, 0.717) is 22.4 Å². The number of carbonyl (C=O) groups is 1. The van der Waals surface area contributed by atoms with Crippen molar-refractivity contribution in [1.82, 2.24) is 9.38 Å². The van der Waals surface area contributed by atoms with Gasteiger partial charge in [-0.05, 0) is 48.9 Å². The van der Waals surface area contributed by atoms with Gasteiger partial charge in [0.2, 0.25) is 0 Å². The molecule has 0 aliphatic rings. The standard InChI is InChI=1S/C25H19N3O4/c1-15-6-5-11-28-14-19(26-24(15)28)16-9-10-22(31-2)18(12-16)27-25(30)23-13-20(29)17-7-3-4-8-21(17)32-23/h3-14H,1-2H3,(H,27,30). The first-order chi connectivity index (χ1) is 15.5. The molecule has 3 heterocycles. The van der Waals surface area contributed by atoms with E-state index in [0.717, 1.165) is 22.5 Å². The highest BCUT2D eigenvalue weighted by Gasteiger charge is 2.16. The number of rotatable bonds is 4. The normalized spacial score (nSPS) is 11.1. The maximum absolute atomic E-state index is 12.9. The molecular weight excluding hydrogens is 406 g/mol. The topological polar surface area (TPSA) is 85.8 Å². The maximum atomic E-state index is 12.9. The van der Waals surface area contributed by atoms with Crippen LogP contribution in [0.2, 0.25) is 0 Å². The molecule has 0 radical (unpaired) electrons. The van der Waals surface area contributed by atoms with Crippen LogP contribution in [0, 0.1) is 6.92 Å². The summed E-state index contributed by atoms with van der Waals surface area (Å²) >= 11 is 0. The van der Waals surface area contributed by atoms with Crippen molar-refractivity contribution in [3.63, 3.8) is 0 Å². The molecule has 0 saturated carbocycles. The molecule has 0 bridgehead atoms. The first-order valence-electron chi connectivity index (χ1n) is 10.0. The van der Waals surface area contributed by atoms with Crippen LogP contribution in [0.25, 0.3) is 27.9 Å². The van der Waals surface area contributed by atoms with Gasteiger partial charge in [-0.1, -0.05) is 18.2 Å². The molecule has 1 amide bonds. The average Bonchev–Trinajstić information content (AvgIpc) is 3.25. The predicted molar refractivity (Wildman–Crippen MR) is 122 cm³/mol. The van der Waals surface area contributed by atoms with Gasteiger partial charge < -0.3 is 18.9 Å². The van der Waals surface area contributed by atoms with E-state index in [1.165, 1.54) is 13.2 Å². The number of benzene rings is 2. The average molecular weight is 425 g/mol. The molecule has 2 aromatic carbocycles. The van der Waals surface area contributed by atoms with E-state index in [1.807, 2.05) is 41.9 Å². The zero-order valence-corrected chi connectivity index (χ0v) is 17.5. The van der Waals surface area contributed by atoms with Crippen molar-refractivity contribution in [3.8, 4) is 17.0 Å². The van der Waals surface area contributed by atoms with Crippen molar-refractivity contribution in [2.24, 2.45) is 0 Å². The minimum absolute atomic E-state index is 0.0792. The van der Waals surface area contributed by atoms with Crippen molar-refractivity contribution in [2.75, 3.05) is 12.4 Å². The molecule has 0 atom stereocenters. The Morgan fingerprint density at radius 3 is 2.75 bits per heavy atom. The van der Waals surface area contributed by atoms with Gasteiger partial charge in [-0.25, -0.2) is 4.98 Å². The van der Waals surface area contributed by atoms with Crippen molar-refractivity contribution >= 4 is 28.2 Å². The number of hydrogen-bond donors (Lipinski definition) is 1. The van der Waals surface area contributed by atoms with Crippen molar-refractivity contribution in [3.05, 3.63) is 94.6 Å². The highest BCUT2D eigenvalue weighted by molar-refractivity contribution is 6.04. The maximum Gasteiger partial charge on any atom is 0.291 e. The largest absolute Gasteiger partial charge is 0.495 e. The second-order valence-corrected chi connectivity index (χ2v) is 7.39. The molecule has 0 spiro atoms. The number of carbonyl (C=O) groups excluding carboxylic acids is 1. The van der Waals surface area contributed by atoms with Gasteiger partial charge in [0.05, 0.1) is 23.9 Å². The number of nitrogens with one attached hydrogen (secondary N) is 1. The molecule has 3 aromatic heterocycles. The number of methoxy groups -OCH3 is 1. The van der Waals surface area contributed by atoms with Gasteiger partial charge in [0.25, 0.3) is 5.91 Å². The smallest absolute Gasteiger partial charge is 0.291 e. The summed E-state index contributed by atoms with van der Waals surface area (Å²) in [5, 5.41) is 3.22. The van der Waals surface area contributed by atoms with Crippen LogP contribution < -0.4 is 15.5 Å². The van der Waals surface area contributed by atoms with E-state index >= 15 is 0 Å². The number of nitrogens with zero attached hydrogens (tertiary/aromatic N) is 2. The third kappa shape index (κ3) is 3.39. The van der Waals surface area contributed by atoms with Crippen LogP contribution in [-0.4, -0.2) is 22.4 Å². The van der Waals surface area contributed by atoms with Gasteiger partial charge in [0.1, 0.15) is 17.0 Å². The lowest BCUT2D eigenvalue weighted by Crippen LogP contribution is -2.15. The SMILES string of the molecule is COc1ccc(-c2cn3cccc(C)c3n2)cc1NC(=O)c1cc(=O)c2ccccc2o1. The Morgan fingerprint density at radius 2 is 1.94 bits per heavy atom. The summed E-state index contributed by atoms with van der Waals surface area (Å²) in [4.78, 5) is 30.0. The highest BCUT2D eigenvalue weighted by Crippen LogP contribution is 2.31. The highest BCUT2D eigenvalue weighted by atomic mass is 16.5. The van der Waals surface area contributed by atoms with Crippen molar-refractivity contribution < 1.29 is 13.9 Å². The van der Waals surface area contributed by atoms with E-state index in [-0.39, 0.29) is 11.2 Å². The Balaban J connectivity index is 1.52. The van der Waals surface area contributed by atoms with E-state index in [9.17, 15) is 9.59 Å². The molecule has 1 N–H and O–H groups in total. The summed E-state index contributed by atoms with van der Waals surface area (Å²) in [6, 6.07) is 17.4. The zero-order valence-electron chi connectivity index (χ0n) is 17.5. The summed E-state index contributed by atoms with van der Waals surface area (Å²) < 4.78 is 13.0. The number of aryl methyl sites for hydroxylation is 1. The van der Waals surface area contributed by atoms with Crippen LogP contribution in [-0.2, 0) is 0 Å². The number of para-hydroxylation sites is 1. The van der Waals surface area contributed by atoms with Crippen LogP contribution in [0.4, 0.5) is 5.69 Å². The third-order valence-corrected chi connectivity index (χ3v) is 5.28. The van der Waals surface area contributed by atoms with Gasteiger partial charge in [0.15, 0.2) is 11.2 Å². The number of fused-ring (bicyclic) bond motifs is 2. The van der Waals surface area contributed by atoms with Gasteiger partial charge in [-0.3, -0.25) is 9.59 Å². The van der Waals surface area contributed by atoms with E-state index < -0.39 is 5.91 Å². The summed E-state index contributed by atoms with van der Waals surface area (Å²) in [7, 11) is 1.52. The van der Waals surface area contributed by atoms with Crippen LogP contribution >= 0.6 is 0 Å². The number of aromatic nitrogens is 2. The second kappa shape index (κ2) is 7.70. The first kappa shape index (κ1) is 19.6. The second-order valence-electron chi connectivity index (χ2n) is 7.39. The monoisotopic (exact) mass is 425 g/mol. The number of ether oxygens (including phenoxy) is 1. The third-order valence-electron chi connectivity index (χ3n) is 5.28. The van der Waals surface area contributed by atoms with Crippen molar-refractivity contribution in [2.45, 2.75) is 6.92 Å². The summed E-state index contributed by atoms with van der Waals surface area (Å²) in [6.45, 7) is 2.00. The minimum Gasteiger partial charge on any atom is -0.495 e. The lowest BCUT2D eigenvalue weighted by Gasteiger charge is -2.11. The predicted octanol–water partition coefficient (Wildman–Crippen LogP) is 4.68. The molecular formula is C25H19N3O4. The molecule has 7 heteroatoms. The molecule has 5 rings (SSSR count). The number of imidazole rings is 1. The fourth-order valence-electron chi connectivity index (χ4n) is 3.66. The molecule has 0 saturated heterocycles. The Kier molecular flexibility index (Phi) is 4.71. The van der Waals surface area contributed by atoms with Gasteiger partial charge in [-0.2, -0.15) is 0 Å². The molecule has 5 aromatic rings. The van der Waals surface area contributed by atoms with E-state index in [4.69, 9.17) is 14.1 Å². The lowest BCUT2D eigenvalue weighted by atomic mass is 10.1. The van der Waals surface area contributed by atoms with E-state index in [2.05, 4.69) is 5.32 Å². The van der Waals surface area contributed by atoms with Gasteiger partial charge in [0, 0.05) is 24.0 Å². The molecule has 0 aliphatic carbocycles. The molecule has 0 unspecified atom stereocenters. The fraction of sp³-hybridized carbons (Fsp3) is 0.0800. The Labute approximate surface area is 182 Å². The van der Waals surface area contributed by atoms with Crippen LogP contribution in [0.5, 0.6) is 5.75 Å². The lowest BCUT2D eigenvalue weighted by molar-refractivity contribution is 0.0997. The van der Waals surface area contributed by atoms with E-state index in [1.54, 1.807) is 36.4 Å². The van der Waals surface area contributed by atoms with Gasteiger partial charge >= 0.3 is 0 Å². The fourth-order valence-corrected chi connectivity index (χ4v) is 3.66. The minimum atomic E-state index is -0.547. The molecule has 7 nitrogen and oxygen atoms in total. The number of hydrogen-bond acceptors (Lipinski definition) is 5. The van der Waals surface area contributed by atoms with Gasteiger partial charge in [-0.15, -0.1) is 0 Å². The molecule has 0 aliphatic heterocycles. The molecule has 32 heavy (non-hydrogen) atoms. The number of anilines is 1. The zero-order chi connectivity index (χ0) is 22.2. The number of amides is 1. The molecule has 158 valence electrons. The Bertz CT molecular complexity index is 1550. The van der Waals surface area contributed by atoms with Crippen molar-refractivity contribution in [1.29, 1.82) is 0 Å². The Hall–Kier alpha value is -4.39. The summed E-state index contributed by atoms with van der Waals surface area (Å²) in [5.74, 6) is -0.149. The number of pyridine rings is 1. The summed E-state index contributed by atoms with van der Waals surface area (Å²) in [5.41, 5.74) is 4.01. The van der Waals surface area contributed by atoms with Crippen LogP contribution in [0.3, 0.4) is 0 Å². The first-order valence-corrected chi connectivity index (χ1v) is 10.0. The Morgan fingerprint density at radius 1 is 1.09 bits per heavy atom. The summed E-state index contributed by atoms with van der Waals surface area (Å²) in [6.07, 6.45) is 3.87.